The zero-order valence-corrected chi connectivity index (χ0v) is 22.9. The van der Waals surface area contributed by atoms with Crippen molar-refractivity contribution in [2.45, 2.75) is 62.2 Å². The molecule has 2 aliphatic rings. The molecule has 0 saturated heterocycles. The van der Waals surface area contributed by atoms with Gasteiger partial charge in [-0.2, -0.15) is 0 Å². The Kier molecular flexibility index (Phi) is 8.13. The van der Waals surface area contributed by atoms with Crippen LogP contribution in [0.25, 0.3) is 0 Å². The van der Waals surface area contributed by atoms with Gasteiger partial charge in [0.25, 0.3) is 0 Å². The van der Waals surface area contributed by atoms with Crippen LogP contribution >= 0.6 is 55.1 Å². The van der Waals surface area contributed by atoms with Crippen molar-refractivity contribution in [1.82, 2.24) is 0 Å². The first kappa shape index (κ1) is 24.8. The number of ketones is 1. The van der Waals surface area contributed by atoms with Crippen LogP contribution in [-0.4, -0.2) is 16.4 Å². The first-order chi connectivity index (χ1) is 15.5. The monoisotopic (exact) mass is 598 g/mol. The van der Waals surface area contributed by atoms with Gasteiger partial charge < -0.3 is 0 Å². The molecule has 0 bridgehead atoms. The predicted molar refractivity (Wildman–Crippen MR) is 143 cm³/mol. The van der Waals surface area contributed by atoms with Gasteiger partial charge in [-0.15, -0.1) is 0 Å². The number of hydrogen-bond acceptors (Lipinski definition) is 1. The molecule has 172 valence electrons. The zero-order chi connectivity index (χ0) is 22.8. The van der Waals surface area contributed by atoms with Crippen molar-refractivity contribution in [3.63, 3.8) is 0 Å². The Hall–Kier alpha value is -0.350. The molecule has 0 N–H and O–H groups in total. The van der Waals surface area contributed by atoms with E-state index in [4.69, 9.17) is 23.2 Å². The maximum absolute atomic E-state index is 14.5. The summed E-state index contributed by atoms with van der Waals surface area (Å²) in [6.45, 7) is 0. The largest absolute Gasteiger partial charge is 0.299 e. The Balaban J connectivity index is 1.74. The lowest BCUT2D eigenvalue weighted by atomic mass is 9.61. The average Bonchev–Trinajstić information content (AvgIpc) is 3.48. The molecule has 0 radical (unpaired) electrons. The maximum Gasteiger partial charge on any atom is 0.142 e. The van der Waals surface area contributed by atoms with Crippen molar-refractivity contribution >= 4 is 60.8 Å². The molecular formula is C27H30Br2Cl2O. The lowest BCUT2D eigenvalue weighted by Crippen LogP contribution is -2.48. The second-order valence-corrected chi connectivity index (χ2v) is 11.7. The summed E-state index contributed by atoms with van der Waals surface area (Å²) < 4.78 is 0. The summed E-state index contributed by atoms with van der Waals surface area (Å²) in [4.78, 5) is 14.5. The molecule has 2 aliphatic carbocycles. The van der Waals surface area contributed by atoms with E-state index >= 15 is 0 Å². The van der Waals surface area contributed by atoms with E-state index in [9.17, 15) is 4.79 Å². The van der Waals surface area contributed by atoms with Crippen molar-refractivity contribution in [3.8, 4) is 0 Å². The van der Waals surface area contributed by atoms with Gasteiger partial charge in [0.2, 0.25) is 0 Å². The quantitative estimate of drug-likeness (QED) is 0.277. The summed E-state index contributed by atoms with van der Waals surface area (Å²) in [5, 5.41) is 2.87. The van der Waals surface area contributed by atoms with E-state index in [-0.39, 0.29) is 22.7 Å². The van der Waals surface area contributed by atoms with Gasteiger partial charge in [0, 0.05) is 43.4 Å². The van der Waals surface area contributed by atoms with Crippen LogP contribution < -0.4 is 0 Å². The van der Waals surface area contributed by atoms with Crippen LogP contribution in [0.15, 0.2) is 48.5 Å². The number of alkyl halides is 2. The second-order valence-electron chi connectivity index (χ2n) is 9.56. The fraction of sp³-hybridized carbons (Fsp3) is 0.519. The standard InChI is InChI=1S/C27H30Br2Cl2O/c28-17-23(26(13-1-2-14-26)19-5-9-21(30)10-6-19)25(32)24(18-29)27(15-3-4-16-27)20-7-11-22(31)12-8-20/h5-12,23-24H,1-4,13-18H2. The smallest absolute Gasteiger partial charge is 0.142 e. The van der Waals surface area contributed by atoms with Crippen LogP contribution in [-0.2, 0) is 15.6 Å². The number of Topliss-reactive ketones (excluding diaryl/α,β-unsaturated/α-hetero) is 1. The second kappa shape index (κ2) is 10.5. The number of hydrogen-bond donors (Lipinski definition) is 0. The van der Waals surface area contributed by atoms with E-state index in [1.54, 1.807) is 0 Å². The molecule has 4 rings (SSSR count). The highest BCUT2D eigenvalue weighted by molar-refractivity contribution is 9.09. The molecule has 2 aromatic carbocycles. The molecule has 0 amide bonds. The normalized spacial score (nSPS) is 21.4. The fourth-order valence-electron chi connectivity index (χ4n) is 6.49. The zero-order valence-electron chi connectivity index (χ0n) is 18.3. The number of halogens is 4. The van der Waals surface area contributed by atoms with E-state index in [0.717, 1.165) is 35.7 Å². The average molecular weight is 601 g/mol. The number of benzene rings is 2. The Morgan fingerprint density at radius 3 is 1.28 bits per heavy atom. The van der Waals surface area contributed by atoms with Crippen molar-refractivity contribution in [2.24, 2.45) is 11.8 Å². The molecule has 2 aromatic rings. The third kappa shape index (κ3) is 4.49. The van der Waals surface area contributed by atoms with Gasteiger partial charge in [-0.1, -0.05) is 105 Å². The minimum absolute atomic E-state index is 0.0569. The summed E-state index contributed by atoms with van der Waals surface area (Å²) >= 11 is 20.0. The molecule has 2 saturated carbocycles. The van der Waals surface area contributed by atoms with Gasteiger partial charge in [0.1, 0.15) is 5.78 Å². The molecule has 0 heterocycles. The fourth-order valence-corrected chi connectivity index (χ4v) is 8.62. The number of carbonyl (C=O) groups excluding carboxylic acids is 1. The molecule has 1 nitrogen and oxygen atoms in total. The summed E-state index contributed by atoms with van der Waals surface area (Å²) in [6, 6.07) is 16.5. The molecule has 2 unspecified atom stereocenters. The molecule has 2 fully saturated rings. The van der Waals surface area contributed by atoms with Gasteiger partial charge in [-0.05, 0) is 61.1 Å². The van der Waals surface area contributed by atoms with E-state index in [1.807, 2.05) is 24.3 Å². The minimum atomic E-state index is -0.120. The van der Waals surface area contributed by atoms with Crippen molar-refractivity contribution in [1.29, 1.82) is 0 Å². The molecule has 0 aliphatic heterocycles. The van der Waals surface area contributed by atoms with Gasteiger partial charge >= 0.3 is 0 Å². The molecule has 2 atom stereocenters. The van der Waals surface area contributed by atoms with E-state index < -0.39 is 0 Å². The molecule has 32 heavy (non-hydrogen) atoms. The molecular weight excluding hydrogens is 571 g/mol. The van der Waals surface area contributed by atoms with Crippen LogP contribution in [0.4, 0.5) is 0 Å². The third-order valence-corrected chi connectivity index (χ3v) is 9.96. The minimum Gasteiger partial charge on any atom is -0.299 e. The lowest BCUT2D eigenvalue weighted by molar-refractivity contribution is -0.129. The maximum atomic E-state index is 14.5. The highest BCUT2D eigenvalue weighted by Gasteiger charge is 2.52. The van der Waals surface area contributed by atoms with Gasteiger partial charge in [0.15, 0.2) is 0 Å². The van der Waals surface area contributed by atoms with Crippen LogP contribution in [0.2, 0.25) is 10.0 Å². The Morgan fingerprint density at radius 2 is 1.00 bits per heavy atom. The van der Waals surface area contributed by atoms with Crippen molar-refractivity contribution < 1.29 is 4.79 Å². The number of carbonyl (C=O) groups is 1. The van der Waals surface area contributed by atoms with Gasteiger partial charge in [-0.3, -0.25) is 4.79 Å². The van der Waals surface area contributed by atoms with Gasteiger partial charge in [0.05, 0.1) is 0 Å². The molecule has 0 spiro atoms. The van der Waals surface area contributed by atoms with Crippen LogP contribution in [0, 0.1) is 11.8 Å². The van der Waals surface area contributed by atoms with E-state index in [1.165, 1.54) is 36.8 Å². The highest BCUT2D eigenvalue weighted by atomic mass is 79.9. The predicted octanol–water partition coefficient (Wildman–Crippen LogP) is 8.91. The van der Waals surface area contributed by atoms with Crippen molar-refractivity contribution in [3.05, 3.63) is 69.7 Å². The SMILES string of the molecule is O=C(C(CBr)C1(c2ccc(Cl)cc2)CCCC1)C(CBr)C1(c2ccc(Cl)cc2)CCCC1. The summed E-state index contributed by atoms with van der Waals surface area (Å²) in [5.74, 6) is 0.282. The van der Waals surface area contributed by atoms with Crippen LogP contribution in [0.3, 0.4) is 0 Å². The Bertz CT molecular complexity index is 838. The summed E-state index contributed by atoms with van der Waals surface area (Å²) in [6.07, 6.45) is 8.89. The summed E-state index contributed by atoms with van der Waals surface area (Å²) in [5.41, 5.74) is 2.28. The van der Waals surface area contributed by atoms with Crippen LogP contribution in [0.5, 0.6) is 0 Å². The Labute approximate surface area is 218 Å². The first-order valence-corrected chi connectivity index (χ1v) is 14.6. The van der Waals surface area contributed by atoms with Gasteiger partial charge in [-0.25, -0.2) is 0 Å². The van der Waals surface area contributed by atoms with Crippen LogP contribution in [0.1, 0.15) is 62.5 Å². The summed E-state index contributed by atoms with van der Waals surface area (Å²) in [7, 11) is 0. The lowest BCUT2D eigenvalue weighted by Gasteiger charge is -2.43. The Morgan fingerprint density at radius 1 is 0.688 bits per heavy atom. The molecule has 0 aromatic heterocycles. The first-order valence-electron chi connectivity index (χ1n) is 11.6. The van der Waals surface area contributed by atoms with E-state index in [0.29, 0.717) is 16.4 Å². The van der Waals surface area contributed by atoms with Crippen molar-refractivity contribution in [2.75, 3.05) is 10.7 Å². The van der Waals surface area contributed by atoms with E-state index in [2.05, 4.69) is 56.1 Å². The topological polar surface area (TPSA) is 17.1 Å². The highest BCUT2D eigenvalue weighted by Crippen LogP contribution is 2.53. The number of rotatable bonds is 8. The third-order valence-electron chi connectivity index (χ3n) is 8.16. The molecule has 5 heteroatoms.